The summed E-state index contributed by atoms with van der Waals surface area (Å²) in [5.41, 5.74) is 0.712. The zero-order chi connectivity index (χ0) is 33.0. The third kappa shape index (κ3) is 7.10. The zero-order valence-corrected chi connectivity index (χ0v) is 26.2. The van der Waals surface area contributed by atoms with Crippen molar-refractivity contribution in [1.82, 2.24) is 9.88 Å². The van der Waals surface area contributed by atoms with Crippen LogP contribution in [0.5, 0.6) is 23.0 Å². The molecule has 0 saturated carbocycles. The summed E-state index contributed by atoms with van der Waals surface area (Å²) in [7, 11) is 8.82. The summed E-state index contributed by atoms with van der Waals surface area (Å²) in [4.78, 5) is 21.9. The van der Waals surface area contributed by atoms with Gasteiger partial charge in [0, 0.05) is 36.8 Å². The minimum atomic E-state index is -4.56. The van der Waals surface area contributed by atoms with E-state index < -0.39 is 17.6 Å². The number of halogens is 3. The van der Waals surface area contributed by atoms with Crippen LogP contribution in [0.15, 0.2) is 79.0 Å². The van der Waals surface area contributed by atoms with E-state index in [-0.39, 0.29) is 5.69 Å². The lowest BCUT2D eigenvalue weighted by molar-refractivity contribution is -0.137. The van der Waals surface area contributed by atoms with E-state index in [0.29, 0.717) is 57.1 Å². The molecule has 0 atom stereocenters. The molecule has 4 aromatic carbocycles. The topological polar surface area (TPSA) is 76.2 Å². The molecule has 0 bridgehead atoms. The van der Waals surface area contributed by atoms with Gasteiger partial charge in [-0.3, -0.25) is 9.78 Å². The molecule has 8 nitrogen and oxygen atoms in total. The highest BCUT2D eigenvalue weighted by Crippen LogP contribution is 2.38. The number of carbonyl (C=O) groups excluding carboxylic acids is 1. The van der Waals surface area contributed by atoms with E-state index in [2.05, 4.69) is 10.3 Å². The van der Waals surface area contributed by atoms with Gasteiger partial charge in [-0.15, -0.1) is 0 Å². The molecule has 0 aliphatic carbocycles. The average Bonchev–Trinajstić information content (AvgIpc) is 3.03. The minimum Gasteiger partial charge on any atom is -0.493 e. The SMILES string of the molecule is COc1cc2nccc(Oc3ccc4c(C(=O)Nc5cc(C(F)(F)F)ccc5N(C)CCCN(C)C)cccc4c3)c2cc1OC. The molecule has 5 aromatic rings. The van der Waals surface area contributed by atoms with Crippen LogP contribution in [-0.4, -0.2) is 64.2 Å². The van der Waals surface area contributed by atoms with Gasteiger partial charge in [0.1, 0.15) is 11.5 Å². The van der Waals surface area contributed by atoms with Gasteiger partial charge in [-0.1, -0.05) is 12.1 Å². The van der Waals surface area contributed by atoms with Crippen LogP contribution >= 0.6 is 0 Å². The Morgan fingerprint density at radius 1 is 0.848 bits per heavy atom. The lowest BCUT2D eigenvalue weighted by Gasteiger charge is -2.24. The number of carbonyl (C=O) groups is 1. The van der Waals surface area contributed by atoms with Gasteiger partial charge in [0.15, 0.2) is 11.5 Å². The molecule has 5 rings (SSSR count). The number of rotatable bonds is 11. The summed E-state index contributed by atoms with van der Waals surface area (Å²) in [5, 5.41) is 4.81. The van der Waals surface area contributed by atoms with Crippen LogP contribution in [0.3, 0.4) is 0 Å². The third-order valence-electron chi connectivity index (χ3n) is 7.61. The number of amides is 1. The molecule has 240 valence electrons. The van der Waals surface area contributed by atoms with Gasteiger partial charge in [0.05, 0.1) is 36.7 Å². The second-order valence-electron chi connectivity index (χ2n) is 11.1. The van der Waals surface area contributed by atoms with Gasteiger partial charge in [0.2, 0.25) is 0 Å². The number of aromatic nitrogens is 1. The molecule has 0 saturated heterocycles. The number of fused-ring (bicyclic) bond motifs is 2. The van der Waals surface area contributed by atoms with Crippen molar-refractivity contribution >= 4 is 39.0 Å². The van der Waals surface area contributed by atoms with Crippen LogP contribution in [-0.2, 0) is 6.18 Å². The number of ether oxygens (including phenoxy) is 3. The highest BCUT2D eigenvalue weighted by molar-refractivity contribution is 6.14. The molecule has 0 unspecified atom stereocenters. The van der Waals surface area contributed by atoms with Gasteiger partial charge in [-0.2, -0.15) is 13.2 Å². The highest BCUT2D eigenvalue weighted by Gasteiger charge is 2.31. The highest BCUT2D eigenvalue weighted by atomic mass is 19.4. The number of methoxy groups -OCH3 is 2. The Bertz CT molecular complexity index is 1880. The van der Waals surface area contributed by atoms with E-state index in [1.165, 1.54) is 6.07 Å². The quantitative estimate of drug-likeness (QED) is 0.159. The number of benzene rings is 4. The van der Waals surface area contributed by atoms with Crippen LogP contribution in [0.2, 0.25) is 0 Å². The van der Waals surface area contributed by atoms with Crippen molar-refractivity contribution in [1.29, 1.82) is 0 Å². The Kier molecular flexibility index (Phi) is 9.52. The Labute approximate surface area is 265 Å². The van der Waals surface area contributed by atoms with Crippen LogP contribution in [0, 0.1) is 0 Å². The second-order valence-corrected chi connectivity index (χ2v) is 11.1. The van der Waals surface area contributed by atoms with E-state index in [1.807, 2.05) is 30.0 Å². The summed E-state index contributed by atoms with van der Waals surface area (Å²) >= 11 is 0. The smallest absolute Gasteiger partial charge is 0.416 e. The molecule has 0 radical (unpaired) electrons. The van der Waals surface area contributed by atoms with E-state index in [4.69, 9.17) is 14.2 Å². The van der Waals surface area contributed by atoms with Crippen LogP contribution in [0.1, 0.15) is 22.3 Å². The number of alkyl halides is 3. The first kappa shape index (κ1) is 32.4. The molecule has 1 N–H and O–H groups in total. The maximum Gasteiger partial charge on any atom is 0.416 e. The fourth-order valence-corrected chi connectivity index (χ4v) is 5.27. The van der Waals surface area contributed by atoms with Gasteiger partial charge in [-0.05, 0) is 92.4 Å². The molecule has 1 amide bonds. The molecule has 46 heavy (non-hydrogen) atoms. The predicted octanol–water partition coefficient (Wildman–Crippen LogP) is 7.86. The van der Waals surface area contributed by atoms with Gasteiger partial charge in [0.25, 0.3) is 5.91 Å². The van der Waals surface area contributed by atoms with E-state index in [0.717, 1.165) is 30.5 Å². The standard InChI is InChI=1S/C35H35F3N4O4/c1-41(2)16-7-17-42(3)30-13-10-23(35(36,37)38)19-29(30)40-34(43)26-9-6-8-22-18-24(11-12-25(22)26)46-31-14-15-39-28-21-33(45-5)32(44-4)20-27(28)31/h6,8-15,18-21H,7,16-17H2,1-5H3,(H,40,43). The first-order valence-electron chi connectivity index (χ1n) is 14.6. The number of nitrogens with zero attached hydrogens (tertiary/aromatic N) is 3. The van der Waals surface area contributed by atoms with Crippen molar-refractivity contribution in [2.45, 2.75) is 12.6 Å². The molecule has 0 spiro atoms. The van der Waals surface area contributed by atoms with Crippen molar-refractivity contribution < 1.29 is 32.2 Å². The van der Waals surface area contributed by atoms with Crippen LogP contribution in [0.25, 0.3) is 21.7 Å². The molecule has 1 aromatic heterocycles. The fourth-order valence-electron chi connectivity index (χ4n) is 5.27. The molecule has 0 fully saturated rings. The largest absolute Gasteiger partial charge is 0.493 e. The van der Waals surface area contributed by atoms with Gasteiger partial charge >= 0.3 is 6.18 Å². The summed E-state index contributed by atoms with van der Waals surface area (Å²) in [6.07, 6.45) is -2.13. The van der Waals surface area contributed by atoms with Gasteiger partial charge in [-0.25, -0.2) is 0 Å². The van der Waals surface area contributed by atoms with Crippen molar-refractivity contribution in [3.63, 3.8) is 0 Å². The van der Waals surface area contributed by atoms with E-state index >= 15 is 0 Å². The number of anilines is 2. The third-order valence-corrected chi connectivity index (χ3v) is 7.61. The molecular weight excluding hydrogens is 597 g/mol. The maximum absolute atomic E-state index is 13.7. The Morgan fingerprint density at radius 3 is 2.33 bits per heavy atom. The summed E-state index contributed by atoms with van der Waals surface area (Å²) in [5.74, 6) is 1.62. The van der Waals surface area contributed by atoms with E-state index in [9.17, 15) is 18.0 Å². The van der Waals surface area contributed by atoms with Crippen molar-refractivity contribution in [2.24, 2.45) is 0 Å². The van der Waals surface area contributed by atoms with Crippen molar-refractivity contribution in [3.8, 4) is 23.0 Å². The number of pyridine rings is 1. The fraction of sp³-hybridized carbons (Fsp3) is 0.257. The Balaban J connectivity index is 1.44. The first-order chi connectivity index (χ1) is 22.0. The van der Waals surface area contributed by atoms with Crippen LogP contribution in [0.4, 0.5) is 24.5 Å². The molecule has 0 aliphatic rings. The Morgan fingerprint density at radius 2 is 1.61 bits per heavy atom. The molecule has 0 aliphatic heterocycles. The summed E-state index contributed by atoms with van der Waals surface area (Å²) in [6, 6.07) is 19.2. The lowest BCUT2D eigenvalue weighted by Crippen LogP contribution is -2.25. The first-order valence-corrected chi connectivity index (χ1v) is 14.6. The zero-order valence-electron chi connectivity index (χ0n) is 26.2. The number of hydrogen-bond acceptors (Lipinski definition) is 7. The van der Waals surface area contributed by atoms with Crippen molar-refractivity contribution in [2.75, 3.05) is 58.7 Å². The molecule has 1 heterocycles. The van der Waals surface area contributed by atoms with Gasteiger partial charge < -0.3 is 29.3 Å². The minimum absolute atomic E-state index is 0.0840. The predicted molar refractivity (Wildman–Crippen MR) is 175 cm³/mol. The molecular formula is C35H35F3N4O4. The summed E-state index contributed by atoms with van der Waals surface area (Å²) < 4.78 is 58.0. The number of nitrogens with one attached hydrogen (secondary N) is 1. The number of hydrogen-bond donors (Lipinski definition) is 1. The Hall–Kier alpha value is -5.03. The lowest BCUT2D eigenvalue weighted by atomic mass is 10.0. The normalized spacial score (nSPS) is 11.6. The maximum atomic E-state index is 13.7. The van der Waals surface area contributed by atoms with Crippen LogP contribution < -0.4 is 24.4 Å². The second kappa shape index (κ2) is 13.5. The van der Waals surface area contributed by atoms with Crippen molar-refractivity contribution in [3.05, 3.63) is 90.1 Å². The summed E-state index contributed by atoms with van der Waals surface area (Å²) in [6.45, 7) is 1.41. The van der Waals surface area contributed by atoms with E-state index in [1.54, 1.807) is 76.0 Å². The monoisotopic (exact) mass is 632 g/mol. The molecule has 11 heteroatoms. The average molecular weight is 633 g/mol.